The topological polar surface area (TPSA) is 66.8 Å². The Kier molecular flexibility index (Phi) is 3.90. The fourth-order valence-corrected chi connectivity index (χ4v) is 1.14. The van der Waals surface area contributed by atoms with Crippen molar-refractivity contribution in [2.45, 2.75) is 25.9 Å². The number of aromatic carboxylic acids is 1. The average molecular weight is 224 g/mol. The summed E-state index contributed by atoms with van der Waals surface area (Å²) < 4.78 is 5.35. The number of rotatable bonds is 5. The van der Waals surface area contributed by atoms with Gasteiger partial charge in [0.1, 0.15) is 5.75 Å². The van der Waals surface area contributed by atoms with E-state index in [0.29, 0.717) is 18.8 Å². The van der Waals surface area contributed by atoms with Gasteiger partial charge >= 0.3 is 5.97 Å². The van der Waals surface area contributed by atoms with Crippen LogP contribution in [0.25, 0.3) is 0 Å². The summed E-state index contributed by atoms with van der Waals surface area (Å²) in [5.74, 6) is -0.475. The molecule has 0 saturated carbocycles. The number of ether oxygens (including phenoxy) is 1. The van der Waals surface area contributed by atoms with Crippen molar-refractivity contribution in [2.75, 3.05) is 6.61 Å². The average Bonchev–Trinajstić information content (AvgIpc) is 2.16. The molecule has 88 valence electrons. The van der Waals surface area contributed by atoms with E-state index in [1.807, 2.05) is 0 Å². The van der Waals surface area contributed by atoms with E-state index in [1.54, 1.807) is 26.0 Å². The predicted molar refractivity (Wildman–Crippen MR) is 59.8 cm³/mol. The molecule has 4 nitrogen and oxygen atoms in total. The van der Waals surface area contributed by atoms with E-state index < -0.39 is 11.6 Å². The molecule has 0 aromatic heterocycles. The molecule has 0 unspecified atom stereocenters. The molecule has 1 aromatic carbocycles. The van der Waals surface area contributed by atoms with Crippen LogP contribution in [-0.4, -0.2) is 28.4 Å². The zero-order valence-electron chi connectivity index (χ0n) is 9.43. The maximum Gasteiger partial charge on any atom is 0.335 e. The van der Waals surface area contributed by atoms with E-state index in [9.17, 15) is 9.90 Å². The van der Waals surface area contributed by atoms with E-state index in [0.717, 1.165) is 0 Å². The lowest BCUT2D eigenvalue weighted by Gasteiger charge is -2.17. The lowest BCUT2D eigenvalue weighted by atomic mass is 10.1. The summed E-state index contributed by atoms with van der Waals surface area (Å²) in [4.78, 5) is 10.7. The minimum atomic E-state index is -0.979. The van der Waals surface area contributed by atoms with E-state index in [-0.39, 0.29) is 5.56 Å². The molecule has 0 atom stereocenters. The molecule has 0 bridgehead atoms. The SMILES string of the molecule is CC(C)(O)CCOc1cccc(C(=O)O)c1. The van der Waals surface area contributed by atoms with Crippen molar-refractivity contribution < 1.29 is 19.7 Å². The van der Waals surface area contributed by atoms with Crippen molar-refractivity contribution in [3.05, 3.63) is 29.8 Å². The highest BCUT2D eigenvalue weighted by atomic mass is 16.5. The maximum absolute atomic E-state index is 10.7. The first kappa shape index (κ1) is 12.5. The molecule has 16 heavy (non-hydrogen) atoms. The highest BCUT2D eigenvalue weighted by molar-refractivity contribution is 5.87. The third kappa shape index (κ3) is 4.31. The van der Waals surface area contributed by atoms with Gasteiger partial charge in [0.2, 0.25) is 0 Å². The van der Waals surface area contributed by atoms with Crippen LogP contribution in [0, 0.1) is 0 Å². The Hall–Kier alpha value is -1.55. The van der Waals surface area contributed by atoms with Gasteiger partial charge in [-0.25, -0.2) is 4.79 Å². The van der Waals surface area contributed by atoms with Crippen LogP contribution in [0.15, 0.2) is 24.3 Å². The fraction of sp³-hybridized carbons (Fsp3) is 0.417. The van der Waals surface area contributed by atoms with Gasteiger partial charge in [0, 0.05) is 6.42 Å². The van der Waals surface area contributed by atoms with Crippen molar-refractivity contribution >= 4 is 5.97 Å². The van der Waals surface area contributed by atoms with Crippen molar-refractivity contribution in [3.63, 3.8) is 0 Å². The summed E-state index contributed by atoms with van der Waals surface area (Å²) in [7, 11) is 0. The minimum absolute atomic E-state index is 0.195. The Morgan fingerprint density at radius 3 is 2.69 bits per heavy atom. The Balaban J connectivity index is 2.55. The summed E-state index contributed by atoms with van der Waals surface area (Å²) in [6, 6.07) is 6.29. The van der Waals surface area contributed by atoms with Crippen LogP contribution in [0.4, 0.5) is 0 Å². The summed E-state index contributed by atoms with van der Waals surface area (Å²) >= 11 is 0. The van der Waals surface area contributed by atoms with Gasteiger partial charge in [-0.15, -0.1) is 0 Å². The molecule has 0 aliphatic heterocycles. The van der Waals surface area contributed by atoms with Crippen LogP contribution in [0.1, 0.15) is 30.6 Å². The molecule has 0 aliphatic rings. The molecule has 0 heterocycles. The fourth-order valence-electron chi connectivity index (χ4n) is 1.14. The molecule has 4 heteroatoms. The number of carboxylic acid groups (broad SMARTS) is 1. The van der Waals surface area contributed by atoms with Gasteiger partial charge in [0.05, 0.1) is 17.8 Å². The van der Waals surface area contributed by atoms with Crippen LogP contribution < -0.4 is 4.74 Å². The maximum atomic E-state index is 10.7. The van der Waals surface area contributed by atoms with Crippen LogP contribution in [0.2, 0.25) is 0 Å². The van der Waals surface area contributed by atoms with Gasteiger partial charge in [-0.3, -0.25) is 0 Å². The van der Waals surface area contributed by atoms with E-state index in [1.165, 1.54) is 12.1 Å². The number of aliphatic hydroxyl groups is 1. The smallest absolute Gasteiger partial charge is 0.335 e. The summed E-state index contributed by atoms with van der Waals surface area (Å²) in [5, 5.41) is 18.2. The second kappa shape index (κ2) is 4.99. The van der Waals surface area contributed by atoms with Crippen molar-refractivity contribution in [3.8, 4) is 5.75 Å². The molecule has 1 aromatic rings. The monoisotopic (exact) mass is 224 g/mol. The number of hydrogen-bond acceptors (Lipinski definition) is 3. The van der Waals surface area contributed by atoms with E-state index in [4.69, 9.17) is 9.84 Å². The number of carbonyl (C=O) groups is 1. The highest BCUT2D eigenvalue weighted by Crippen LogP contribution is 2.15. The molecular weight excluding hydrogens is 208 g/mol. The first-order valence-electron chi connectivity index (χ1n) is 5.07. The number of benzene rings is 1. The highest BCUT2D eigenvalue weighted by Gasteiger charge is 2.12. The zero-order valence-corrected chi connectivity index (χ0v) is 9.43. The van der Waals surface area contributed by atoms with E-state index >= 15 is 0 Å². The quantitative estimate of drug-likeness (QED) is 0.801. The van der Waals surface area contributed by atoms with Crippen molar-refractivity contribution in [1.82, 2.24) is 0 Å². The standard InChI is InChI=1S/C12H16O4/c1-12(2,15)6-7-16-10-5-3-4-9(8-10)11(13)14/h3-5,8,15H,6-7H2,1-2H3,(H,13,14). The lowest BCUT2D eigenvalue weighted by molar-refractivity contribution is 0.0551. The Bertz CT molecular complexity index is 366. The Labute approximate surface area is 94.5 Å². The summed E-state index contributed by atoms with van der Waals surface area (Å²) in [6.45, 7) is 3.75. The predicted octanol–water partition coefficient (Wildman–Crippen LogP) is 1.92. The van der Waals surface area contributed by atoms with Crippen LogP contribution >= 0.6 is 0 Å². The van der Waals surface area contributed by atoms with Gasteiger partial charge in [-0.2, -0.15) is 0 Å². The van der Waals surface area contributed by atoms with Gasteiger partial charge < -0.3 is 14.9 Å². The Morgan fingerprint density at radius 2 is 2.12 bits per heavy atom. The third-order valence-electron chi connectivity index (χ3n) is 2.06. The first-order chi connectivity index (χ1) is 7.38. The minimum Gasteiger partial charge on any atom is -0.493 e. The third-order valence-corrected chi connectivity index (χ3v) is 2.06. The van der Waals surface area contributed by atoms with Gasteiger partial charge in [-0.1, -0.05) is 6.07 Å². The van der Waals surface area contributed by atoms with Gasteiger partial charge in [0.15, 0.2) is 0 Å². The van der Waals surface area contributed by atoms with Gasteiger partial charge in [-0.05, 0) is 32.0 Å². The molecule has 0 radical (unpaired) electrons. The molecule has 0 amide bonds. The molecule has 2 N–H and O–H groups in total. The lowest BCUT2D eigenvalue weighted by Crippen LogP contribution is -2.21. The summed E-state index contributed by atoms with van der Waals surface area (Å²) in [6.07, 6.45) is 0.490. The van der Waals surface area contributed by atoms with Crippen LogP contribution in [0.3, 0.4) is 0 Å². The van der Waals surface area contributed by atoms with Crippen LogP contribution in [-0.2, 0) is 0 Å². The number of carboxylic acids is 1. The molecule has 0 aliphatic carbocycles. The Morgan fingerprint density at radius 1 is 1.44 bits per heavy atom. The molecule has 1 rings (SSSR count). The largest absolute Gasteiger partial charge is 0.493 e. The second-order valence-corrected chi connectivity index (χ2v) is 4.24. The number of hydrogen-bond donors (Lipinski definition) is 2. The normalized spacial score (nSPS) is 11.2. The van der Waals surface area contributed by atoms with Crippen LogP contribution in [0.5, 0.6) is 5.75 Å². The first-order valence-corrected chi connectivity index (χ1v) is 5.07. The molecule has 0 saturated heterocycles. The second-order valence-electron chi connectivity index (χ2n) is 4.24. The van der Waals surface area contributed by atoms with Gasteiger partial charge in [0.25, 0.3) is 0 Å². The zero-order chi connectivity index (χ0) is 12.2. The molecular formula is C12H16O4. The van der Waals surface area contributed by atoms with Crippen molar-refractivity contribution in [2.24, 2.45) is 0 Å². The summed E-state index contributed by atoms with van der Waals surface area (Å²) in [5.41, 5.74) is -0.578. The van der Waals surface area contributed by atoms with Crippen molar-refractivity contribution in [1.29, 1.82) is 0 Å². The van der Waals surface area contributed by atoms with E-state index in [2.05, 4.69) is 0 Å². The molecule has 0 fully saturated rings. The molecule has 0 spiro atoms.